The van der Waals surface area contributed by atoms with Crippen LogP contribution in [0, 0.1) is 6.92 Å². The number of aryl methyl sites for hydroxylation is 1. The highest BCUT2D eigenvalue weighted by Gasteiger charge is 2.00. The molecule has 2 aromatic heterocycles. The van der Waals surface area contributed by atoms with Crippen LogP contribution >= 0.6 is 0 Å². The third kappa shape index (κ3) is 3.14. The van der Waals surface area contributed by atoms with Crippen LogP contribution in [0.15, 0.2) is 30.7 Å². The van der Waals surface area contributed by atoms with Gasteiger partial charge < -0.3 is 9.88 Å². The number of rotatable bonds is 5. The molecule has 1 N–H and O–H groups in total. The first kappa shape index (κ1) is 11.8. The van der Waals surface area contributed by atoms with E-state index in [-0.39, 0.29) is 0 Å². The van der Waals surface area contributed by atoms with Gasteiger partial charge in [0.15, 0.2) is 0 Å². The van der Waals surface area contributed by atoms with Gasteiger partial charge in [-0.2, -0.15) is 0 Å². The summed E-state index contributed by atoms with van der Waals surface area (Å²) < 4.78 is 2.09. The number of aromatic nitrogens is 3. The van der Waals surface area contributed by atoms with Gasteiger partial charge in [0.1, 0.15) is 5.82 Å². The van der Waals surface area contributed by atoms with Gasteiger partial charge in [0.25, 0.3) is 0 Å². The van der Waals surface area contributed by atoms with E-state index in [1.807, 2.05) is 25.5 Å². The summed E-state index contributed by atoms with van der Waals surface area (Å²) in [6, 6.07) is 4.20. The highest BCUT2D eigenvalue weighted by Crippen LogP contribution is 2.04. The van der Waals surface area contributed by atoms with E-state index in [0.29, 0.717) is 0 Å². The van der Waals surface area contributed by atoms with Gasteiger partial charge in [0.2, 0.25) is 0 Å². The molecule has 4 nitrogen and oxygen atoms in total. The first-order valence-corrected chi connectivity index (χ1v) is 5.92. The Morgan fingerprint density at radius 3 is 2.76 bits per heavy atom. The quantitative estimate of drug-likeness (QED) is 0.851. The molecule has 4 heteroatoms. The molecule has 0 spiro atoms. The van der Waals surface area contributed by atoms with Crippen molar-refractivity contribution in [3.8, 4) is 0 Å². The van der Waals surface area contributed by atoms with E-state index in [1.54, 1.807) is 0 Å². The lowest BCUT2D eigenvalue weighted by molar-refractivity contribution is 0.715. The maximum absolute atomic E-state index is 4.46. The fourth-order valence-electron chi connectivity index (χ4n) is 1.67. The average Bonchev–Trinajstić information content (AvgIpc) is 2.74. The summed E-state index contributed by atoms with van der Waals surface area (Å²) in [4.78, 5) is 8.66. The van der Waals surface area contributed by atoms with Crippen molar-refractivity contribution < 1.29 is 0 Å². The second kappa shape index (κ2) is 5.59. The minimum Gasteiger partial charge on any atom is -0.329 e. The monoisotopic (exact) mass is 230 g/mol. The molecule has 2 aromatic rings. The lowest BCUT2D eigenvalue weighted by Crippen LogP contribution is -2.12. The van der Waals surface area contributed by atoms with Crippen molar-refractivity contribution in [2.45, 2.75) is 26.9 Å². The molecule has 17 heavy (non-hydrogen) atoms. The maximum Gasteiger partial charge on any atom is 0.105 e. The molecule has 90 valence electrons. The van der Waals surface area contributed by atoms with E-state index >= 15 is 0 Å². The summed E-state index contributed by atoms with van der Waals surface area (Å²) in [6.45, 7) is 6.75. The topological polar surface area (TPSA) is 42.7 Å². The Kier molecular flexibility index (Phi) is 3.88. The molecule has 0 unspecified atom stereocenters. The van der Waals surface area contributed by atoms with Crippen LogP contribution in [-0.2, 0) is 13.1 Å². The van der Waals surface area contributed by atoms with Gasteiger partial charge in [-0.1, -0.05) is 13.0 Å². The molecule has 0 atom stereocenters. The number of nitrogens with zero attached hydrogens (tertiary/aromatic N) is 3. The Bertz CT molecular complexity index is 459. The molecule has 0 fully saturated rings. The molecule has 0 radical (unpaired) electrons. The van der Waals surface area contributed by atoms with Gasteiger partial charge in [0, 0.05) is 25.1 Å². The average molecular weight is 230 g/mol. The summed E-state index contributed by atoms with van der Waals surface area (Å²) in [7, 11) is 0. The lowest BCUT2D eigenvalue weighted by atomic mass is 10.2. The zero-order valence-electron chi connectivity index (χ0n) is 10.3. The van der Waals surface area contributed by atoms with Gasteiger partial charge in [0.05, 0.1) is 12.2 Å². The second-order valence-corrected chi connectivity index (χ2v) is 4.04. The van der Waals surface area contributed by atoms with Crippen molar-refractivity contribution in [1.29, 1.82) is 0 Å². The van der Waals surface area contributed by atoms with E-state index < -0.39 is 0 Å². The summed E-state index contributed by atoms with van der Waals surface area (Å²) >= 11 is 0. The second-order valence-electron chi connectivity index (χ2n) is 4.04. The Hall–Kier alpha value is -1.68. The van der Waals surface area contributed by atoms with Crippen LogP contribution in [-0.4, -0.2) is 21.1 Å². The van der Waals surface area contributed by atoms with Crippen LogP contribution in [0.1, 0.15) is 24.0 Å². The molecule has 0 aromatic carbocycles. The van der Waals surface area contributed by atoms with Gasteiger partial charge in [-0.25, -0.2) is 4.98 Å². The zero-order valence-corrected chi connectivity index (χ0v) is 10.3. The van der Waals surface area contributed by atoms with Crippen molar-refractivity contribution in [2.24, 2.45) is 0 Å². The standard InChI is InChI=1S/C13H18N4/c1-3-14-8-12-4-5-13(16-9-12)10-17-7-6-15-11(17)2/h4-7,9,14H,3,8,10H2,1-2H3. The molecular formula is C13H18N4. The van der Waals surface area contributed by atoms with Crippen LogP contribution in [0.25, 0.3) is 0 Å². The maximum atomic E-state index is 4.46. The third-order valence-electron chi connectivity index (χ3n) is 2.72. The molecule has 2 heterocycles. The highest BCUT2D eigenvalue weighted by atomic mass is 15.1. The van der Waals surface area contributed by atoms with Crippen molar-refractivity contribution in [1.82, 2.24) is 19.9 Å². The molecule has 0 aliphatic rings. The predicted octanol–water partition coefficient (Wildman–Crippen LogP) is 1.74. The Balaban J connectivity index is 2.01. The number of hydrogen-bond donors (Lipinski definition) is 1. The molecule has 0 amide bonds. The Morgan fingerprint density at radius 1 is 1.29 bits per heavy atom. The summed E-state index contributed by atoms with van der Waals surface area (Å²) in [6.07, 6.45) is 5.72. The molecule has 0 aliphatic carbocycles. The number of imidazole rings is 1. The first-order valence-electron chi connectivity index (χ1n) is 5.92. The van der Waals surface area contributed by atoms with Crippen molar-refractivity contribution in [3.63, 3.8) is 0 Å². The summed E-state index contributed by atoms with van der Waals surface area (Å²) in [5.41, 5.74) is 2.28. The summed E-state index contributed by atoms with van der Waals surface area (Å²) in [5.74, 6) is 1.02. The van der Waals surface area contributed by atoms with E-state index in [2.05, 4.69) is 38.9 Å². The van der Waals surface area contributed by atoms with E-state index in [9.17, 15) is 0 Å². The first-order chi connectivity index (χ1) is 8.29. The van der Waals surface area contributed by atoms with E-state index in [0.717, 1.165) is 31.2 Å². The fraction of sp³-hybridized carbons (Fsp3) is 0.385. The molecular weight excluding hydrogens is 212 g/mol. The fourth-order valence-corrected chi connectivity index (χ4v) is 1.67. The largest absolute Gasteiger partial charge is 0.329 e. The Labute approximate surface area is 102 Å². The normalized spacial score (nSPS) is 10.7. The minimum atomic E-state index is 0.785. The molecule has 2 rings (SSSR count). The smallest absolute Gasteiger partial charge is 0.105 e. The zero-order chi connectivity index (χ0) is 12.1. The Morgan fingerprint density at radius 2 is 2.18 bits per heavy atom. The van der Waals surface area contributed by atoms with E-state index in [4.69, 9.17) is 0 Å². The molecule has 0 saturated carbocycles. The third-order valence-corrected chi connectivity index (χ3v) is 2.72. The SMILES string of the molecule is CCNCc1ccc(Cn2ccnc2C)nc1. The van der Waals surface area contributed by atoms with Crippen molar-refractivity contribution in [2.75, 3.05) is 6.54 Å². The predicted molar refractivity (Wildman–Crippen MR) is 67.7 cm³/mol. The van der Waals surface area contributed by atoms with Crippen LogP contribution in [0.4, 0.5) is 0 Å². The van der Waals surface area contributed by atoms with Crippen LogP contribution in [0.2, 0.25) is 0 Å². The van der Waals surface area contributed by atoms with Gasteiger partial charge in [-0.3, -0.25) is 4.98 Å². The van der Waals surface area contributed by atoms with Crippen LogP contribution in [0.5, 0.6) is 0 Å². The molecule has 0 aliphatic heterocycles. The molecule has 0 bridgehead atoms. The lowest BCUT2D eigenvalue weighted by Gasteiger charge is -2.06. The number of hydrogen-bond acceptors (Lipinski definition) is 3. The highest BCUT2D eigenvalue weighted by molar-refractivity contribution is 5.14. The van der Waals surface area contributed by atoms with E-state index in [1.165, 1.54) is 5.56 Å². The van der Waals surface area contributed by atoms with Gasteiger partial charge >= 0.3 is 0 Å². The number of nitrogens with one attached hydrogen (secondary N) is 1. The van der Waals surface area contributed by atoms with Gasteiger partial charge in [-0.05, 0) is 25.1 Å². The van der Waals surface area contributed by atoms with Crippen LogP contribution in [0.3, 0.4) is 0 Å². The number of pyridine rings is 1. The van der Waals surface area contributed by atoms with Gasteiger partial charge in [-0.15, -0.1) is 0 Å². The summed E-state index contributed by atoms with van der Waals surface area (Å²) in [5, 5.41) is 3.28. The molecule has 0 saturated heterocycles. The van der Waals surface area contributed by atoms with Crippen molar-refractivity contribution >= 4 is 0 Å². The van der Waals surface area contributed by atoms with Crippen LogP contribution < -0.4 is 5.32 Å². The van der Waals surface area contributed by atoms with Crippen molar-refractivity contribution in [3.05, 3.63) is 47.8 Å². The minimum absolute atomic E-state index is 0.785.